The van der Waals surface area contributed by atoms with Gasteiger partial charge < -0.3 is 5.32 Å². The predicted molar refractivity (Wildman–Crippen MR) is 89.8 cm³/mol. The van der Waals surface area contributed by atoms with Crippen LogP contribution in [0.3, 0.4) is 0 Å². The van der Waals surface area contributed by atoms with Gasteiger partial charge in [-0.1, -0.05) is 0 Å². The van der Waals surface area contributed by atoms with Crippen molar-refractivity contribution in [2.45, 2.75) is 20.4 Å². The zero-order valence-corrected chi connectivity index (χ0v) is 14.3. The molecule has 0 aliphatic heterocycles. The summed E-state index contributed by atoms with van der Waals surface area (Å²) in [5.74, 6) is 0.290. The summed E-state index contributed by atoms with van der Waals surface area (Å²) in [4.78, 5) is 16.1. The van der Waals surface area contributed by atoms with E-state index < -0.39 is 0 Å². The number of hydrogen-bond acceptors (Lipinski definition) is 4. The highest BCUT2D eigenvalue weighted by Gasteiger charge is 2.13. The molecule has 0 fully saturated rings. The van der Waals surface area contributed by atoms with E-state index in [0.29, 0.717) is 5.82 Å². The van der Waals surface area contributed by atoms with Crippen molar-refractivity contribution in [1.82, 2.24) is 25.0 Å². The maximum absolute atomic E-state index is 12.1. The fourth-order valence-corrected chi connectivity index (χ4v) is 2.50. The van der Waals surface area contributed by atoms with E-state index in [0.717, 1.165) is 27.1 Å². The highest BCUT2D eigenvalue weighted by Crippen LogP contribution is 2.20. The van der Waals surface area contributed by atoms with Crippen LogP contribution in [-0.2, 0) is 11.3 Å². The van der Waals surface area contributed by atoms with Crippen LogP contribution >= 0.6 is 15.9 Å². The molecule has 23 heavy (non-hydrogen) atoms. The van der Waals surface area contributed by atoms with Gasteiger partial charge in [0.25, 0.3) is 0 Å². The Morgan fingerprint density at radius 3 is 2.74 bits per heavy atom. The minimum absolute atomic E-state index is 0.135. The van der Waals surface area contributed by atoms with Gasteiger partial charge >= 0.3 is 0 Å². The van der Waals surface area contributed by atoms with Crippen LogP contribution in [0.25, 0.3) is 11.3 Å². The number of carbonyl (C=O) groups is 1. The van der Waals surface area contributed by atoms with Crippen LogP contribution in [0.2, 0.25) is 0 Å². The fraction of sp³-hybridized carbons (Fsp3) is 0.200. The van der Waals surface area contributed by atoms with Gasteiger partial charge in [-0.3, -0.25) is 19.6 Å². The van der Waals surface area contributed by atoms with Crippen molar-refractivity contribution in [2.75, 3.05) is 5.32 Å². The number of nitrogens with zero attached hydrogens (tertiary/aromatic N) is 4. The van der Waals surface area contributed by atoms with Gasteiger partial charge in [-0.25, -0.2) is 0 Å². The molecule has 0 radical (unpaired) electrons. The van der Waals surface area contributed by atoms with E-state index in [4.69, 9.17) is 0 Å². The number of amides is 1. The summed E-state index contributed by atoms with van der Waals surface area (Å²) in [5, 5.41) is 14.1. The van der Waals surface area contributed by atoms with Gasteiger partial charge in [0.15, 0.2) is 5.82 Å². The van der Waals surface area contributed by atoms with Crippen molar-refractivity contribution < 1.29 is 4.79 Å². The molecule has 8 heteroatoms. The molecule has 3 rings (SSSR count). The lowest BCUT2D eigenvalue weighted by Crippen LogP contribution is -2.20. The van der Waals surface area contributed by atoms with Crippen molar-refractivity contribution >= 4 is 27.7 Å². The van der Waals surface area contributed by atoms with Crippen molar-refractivity contribution in [3.8, 4) is 11.3 Å². The summed E-state index contributed by atoms with van der Waals surface area (Å²) >= 11 is 3.45. The molecule has 0 aliphatic carbocycles. The highest BCUT2D eigenvalue weighted by molar-refractivity contribution is 9.10. The lowest BCUT2D eigenvalue weighted by Gasteiger charge is -2.04. The number of aromatic amines is 1. The number of nitrogens with one attached hydrogen (secondary N) is 2. The summed E-state index contributed by atoms with van der Waals surface area (Å²) in [6.07, 6.45) is 3.41. The topological polar surface area (TPSA) is 88.5 Å². The zero-order valence-electron chi connectivity index (χ0n) is 12.7. The largest absolute Gasteiger partial charge is 0.308 e. The van der Waals surface area contributed by atoms with Crippen LogP contribution in [-0.4, -0.2) is 30.9 Å². The monoisotopic (exact) mass is 374 g/mol. The molecule has 7 nitrogen and oxygen atoms in total. The molecule has 0 saturated carbocycles. The molecule has 2 N–H and O–H groups in total. The maximum Gasteiger partial charge on any atom is 0.247 e. The van der Waals surface area contributed by atoms with Gasteiger partial charge in [0.05, 0.1) is 21.6 Å². The number of carbonyl (C=O) groups excluding carboxylic acids is 1. The van der Waals surface area contributed by atoms with Crippen LogP contribution in [0.1, 0.15) is 11.4 Å². The first-order valence-electron chi connectivity index (χ1n) is 7.00. The van der Waals surface area contributed by atoms with Crippen molar-refractivity contribution in [3.63, 3.8) is 0 Å². The number of pyridine rings is 1. The number of aromatic nitrogens is 5. The predicted octanol–water partition coefficient (Wildman–Crippen LogP) is 2.69. The second-order valence-electron chi connectivity index (χ2n) is 5.09. The molecule has 0 aliphatic rings. The first-order valence-corrected chi connectivity index (χ1v) is 7.79. The normalized spacial score (nSPS) is 10.7. The van der Waals surface area contributed by atoms with Crippen molar-refractivity contribution in [2.24, 2.45) is 0 Å². The Morgan fingerprint density at radius 1 is 1.35 bits per heavy atom. The molecule has 3 aromatic heterocycles. The first kappa shape index (κ1) is 15.4. The molecule has 0 spiro atoms. The SMILES string of the molecule is Cc1nn(CC(=O)Nc2cc(-c3ccncc3)[nH]n2)c(C)c1Br. The third-order valence-electron chi connectivity index (χ3n) is 3.42. The van der Waals surface area contributed by atoms with Gasteiger partial charge in [0, 0.05) is 24.0 Å². The molecule has 3 aromatic rings. The molecule has 0 bridgehead atoms. The Kier molecular flexibility index (Phi) is 4.24. The van der Waals surface area contributed by atoms with Crippen LogP contribution in [0.4, 0.5) is 5.82 Å². The minimum atomic E-state index is -0.184. The van der Waals surface area contributed by atoms with Gasteiger partial charge in [0.2, 0.25) is 5.91 Å². The Morgan fingerprint density at radius 2 is 2.09 bits per heavy atom. The van der Waals surface area contributed by atoms with Crippen LogP contribution in [0.5, 0.6) is 0 Å². The van der Waals surface area contributed by atoms with Gasteiger partial charge in [-0.05, 0) is 41.9 Å². The van der Waals surface area contributed by atoms with E-state index in [1.54, 1.807) is 23.1 Å². The summed E-state index contributed by atoms with van der Waals surface area (Å²) in [6, 6.07) is 5.52. The second-order valence-corrected chi connectivity index (χ2v) is 5.89. The van der Waals surface area contributed by atoms with Crippen molar-refractivity contribution in [1.29, 1.82) is 0 Å². The summed E-state index contributed by atoms with van der Waals surface area (Å²) in [5.41, 5.74) is 3.54. The Labute approximate surface area is 141 Å². The third-order valence-corrected chi connectivity index (χ3v) is 4.57. The lowest BCUT2D eigenvalue weighted by molar-refractivity contribution is -0.117. The number of rotatable bonds is 4. The fourth-order valence-electron chi connectivity index (χ4n) is 2.21. The summed E-state index contributed by atoms with van der Waals surface area (Å²) in [6.45, 7) is 3.93. The Bertz CT molecular complexity index is 839. The van der Waals surface area contributed by atoms with E-state index in [2.05, 4.69) is 41.5 Å². The number of anilines is 1. The quantitative estimate of drug-likeness (QED) is 0.734. The third kappa shape index (κ3) is 3.31. The second kappa shape index (κ2) is 6.33. The molecule has 3 heterocycles. The van der Waals surface area contributed by atoms with E-state index in [9.17, 15) is 4.79 Å². The smallest absolute Gasteiger partial charge is 0.247 e. The van der Waals surface area contributed by atoms with Crippen LogP contribution < -0.4 is 5.32 Å². The molecule has 0 unspecified atom stereocenters. The lowest BCUT2D eigenvalue weighted by atomic mass is 10.2. The van der Waals surface area contributed by atoms with E-state index in [-0.39, 0.29) is 12.5 Å². The zero-order chi connectivity index (χ0) is 16.4. The minimum Gasteiger partial charge on any atom is -0.308 e. The maximum atomic E-state index is 12.1. The van der Waals surface area contributed by atoms with Gasteiger partial charge in [-0.2, -0.15) is 10.2 Å². The molecular formula is C15H15BrN6O. The molecular weight excluding hydrogens is 360 g/mol. The summed E-state index contributed by atoms with van der Waals surface area (Å²) in [7, 11) is 0. The van der Waals surface area contributed by atoms with Gasteiger partial charge in [-0.15, -0.1) is 0 Å². The molecule has 0 atom stereocenters. The number of hydrogen-bond donors (Lipinski definition) is 2. The Hall–Kier alpha value is -2.48. The van der Waals surface area contributed by atoms with Crippen LogP contribution in [0, 0.1) is 13.8 Å². The number of halogens is 1. The number of aryl methyl sites for hydroxylation is 1. The van der Waals surface area contributed by atoms with Crippen molar-refractivity contribution in [3.05, 3.63) is 46.5 Å². The summed E-state index contributed by atoms with van der Waals surface area (Å²) < 4.78 is 2.58. The molecule has 1 amide bonds. The molecule has 0 aromatic carbocycles. The molecule has 118 valence electrons. The van der Waals surface area contributed by atoms with Gasteiger partial charge in [0.1, 0.15) is 6.54 Å². The number of H-pyrrole nitrogens is 1. The standard InChI is InChI=1S/C15H15BrN6O/c1-9-15(16)10(2)22(21-9)8-14(23)18-13-7-12(19-20-13)11-3-5-17-6-4-11/h3-7H,8H2,1-2H3,(H2,18,19,20,23). The van der Waals surface area contributed by atoms with Crippen LogP contribution in [0.15, 0.2) is 35.1 Å². The average molecular weight is 375 g/mol. The molecule has 0 saturated heterocycles. The van der Waals surface area contributed by atoms with E-state index >= 15 is 0 Å². The average Bonchev–Trinajstić information content (AvgIpc) is 3.10. The first-order chi connectivity index (χ1) is 11.0. The van der Waals surface area contributed by atoms with E-state index in [1.165, 1.54) is 0 Å². The highest BCUT2D eigenvalue weighted by atomic mass is 79.9. The Balaban J connectivity index is 1.69. The van der Waals surface area contributed by atoms with E-state index in [1.807, 2.05) is 26.0 Å².